The van der Waals surface area contributed by atoms with E-state index in [4.69, 9.17) is 9.47 Å². The molecule has 6 atom stereocenters. The number of hydrogen-bond acceptors (Lipinski definition) is 12. The molecule has 9 N–H and O–H groups in total. The number of phenols is 6. The molecule has 0 saturated heterocycles. The van der Waals surface area contributed by atoms with Gasteiger partial charge in [-0.15, -0.1) is 0 Å². The van der Waals surface area contributed by atoms with E-state index in [2.05, 4.69) is 0 Å². The molecule has 41 heavy (non-hydrogen) atoms. The molecular formula is C29H28O12. The van der Waals surface area contributed by atoms with Crippen LogP contribution in [-0.4, -0.2) is 76.2 Å². The van der Waals surface area contributed by atoms with Gasteiger partial charge < -0.3 is 55.4 Å². The first kappa shape index (κ1) is 26.8. The Morgan fingerprint density at radius 3 is 1.88 bits per heavy atom. The van der Waals surface area contributed by atoms with E-state index in [0.717, 1.165) is 18.2 Å². The van der Waals surface area contributed by atoms with Gasteiger partial charge in [-0.05, 0) is 24.5 Å². The van der Waals surface area contributed by atoms with Crippen LogP contribution in [0.3, 0.4) is 0 Å². The Kier molecular flexibility index (Phi) is 6.29. The zero-order valence-electron chi connectivity index (χ0n) is 21.4. The molecule has 2 unspecified atom stereocenters. The van der Waals surface area contributed by atoms with E-state index in [0.29, 0.717) is 0 Å². The lowest BCUT2D eigenvalue weighted by atomic mass is 9.82. The molecule has 3 aromatic rings. The second kappa shape index (κ2) is 9.61. The topological polar surface area (TPSA) is 218 Å². The molecule has 0 bridgehead atoms. The SMILES string of the molecule is O=C1c2c(O)c(O)cc([C@H]3Oc4cc(O)cc(O)c4C[C@H]3O)c2C[C@@H](C2Oc3cc(O)cc(O)c3C[C@H]2O)CC1O. The summed E-state index contributed by atoms with van der Waals surface area (Å²) in [6.45, 7) is 0. The lowest BCUT2D eigenvalue weighted by molar-refractivity contribution is -0.0239. The van der Waals surface area contributed by atoms with Crippen molar-refractivity contribution >= 4 is 5.78 Å². The van der Waals surface area contributed by atoms with Crippen molar-refractivity contribution in [1.29, 1.82) is 0 Å². The van der Waals surface area contributed by atoms with E-state index in [1.807, 2.05) is 0 Å². The van der Waals surface area contributed by atoms with E-state index in [1.54, 1.807) is 0 Å². The van der Waals surface area contributed by atoms with Gasteiger partial charge in [-0.3, -0.25) is 4.79 Å². The standard InChI is InChI=1S/C29H28O12/c30-11-3-17(32)15-8-21(36)28(40-23(15)5-11)10-1-13-14(7-20(35)27(39)25(13)26(38)19(34)2-10)29-22(37)9-16-18(33)4-12(31)6-24(16)41-29/h3-7,10,19,21-22,28-37,39H,1-2,8-9H2/t10-,19?,21-,22-,28?,29-/m1/s1. The minimum atomic E-state index is -1.65. The van der Waals surface area contributed by atoms with E-state index < -0.39 is 53.7 Å². The quantitative estimate of drug-likeness (QED) is 0.158. The number of carbonyl (C=O) groups excluding carboxylic acids is 1. The number of ether oxygens (including phenoxy) is 2. The highest BCUT2D eigenvalue weighted by Crippen LogP contribution is 2.48. The molecule has 0 saturated carbocycles. The fourth-order valence-electron chi connectivity index (χ4n) is 6.23. The summed E-state index contributed by atoms with van der Waals surface area (Å²) < 4.78 is 11.9. The molecule has 0 radical (unpaired) electrons. The molecule has 0 amide bonds. The Balaban J connectivity index is 1.44. The summed E-state index contributed by atoms with van der Waals surface area (Å²) >= 11 is 0. The van der Waals surface area contributed by atoms with Gasteiger partial charge in [0.05, 0.1) is 17.8 Å². The maximum Gasteiger partial charge on any atom is 0.195 e. The fraction of sp³-hybridized carbons (Fsp3) is 0.345. The van der Waals surface area contributed by atoms with Gasteiger partial charge in [0, 0.05) is 59.7 Å². The Labute approximate surface area is 232 Å². The Morgan fingerprint density at radius 1 is 0.659 bits per heavy atom. The molecule has 6 rings (SSSR count). The van der Waals surface area contributed by atoms with Gasteiger partial charge in [0.1, 0.15) is 46.7 Å². The van der Waals surface area contributed by atoms with Crippen molar-refractivity contribution in [3.05, 3.63) is 58.1 Å². The molecule has 0 spiro atoms. The number of fused-ring (bicyclic) bond motifs is 3. The van der Waals surface area contributed by atoms with Crippen LogP contribution >= 0.6 is 0 Å². The molecular weight excluding hydrogens is 540 g/mol. The lowest BCUT2D eigenvalue weighted by Gasteiger charge is -2.37. The van der Waals surface area contributed by atoms with Crippen LogP contribution < -0.4 is 9.47 Å². The van der Waals surface area contributed by atoms with Gasteiger partial charge in [-0.2, -0.15) is 0 Å². The minimum absolute atomic E-state index is 0.0403. The van der Waals surface area contributed by atoms with Crippen molar-refractivity contribution in [2.45, 2.75) is 56.2 Å². The van der Waals surface area contributed by atoms with E-state index >= 15 is 0 Å². The summed E-state index contributed by atoms with van der Waals surface area (Å²) in [7, 11) is 0. The van der Waals surface area contributed by atoms with E-state index in [-0.39, 0.29) is 88.0 Å². The third-order valence-corrected chi connectivity index (χ3v) is 8.15. The number of Topliss-reactive ketones (excluding diaryl/α,β-unsaturated/α-hetero) is 1. The predicted octanol–water partition coefficient (Wildman–Crippen LogP) is 1.43. The van der Waals surface area contributed by atoms with Crippen LogP contribution in [0.1, 0.15) is 45.1 Å². The van der Waals surface area contributed by atoms with Crippen LogP contribution in [0.5, 0.6) is 46.0 Å². The first-order valence-electron chi connectivity index (χ1n) is 13.0. The number of benzene rings is 3. The third kappa shape index (κ3) is 4.40. The average molecular weight is 569 g/mol. The summed E-state index contributed by atoms with van der Waals surface area (Å²) in [6, 6.07) is 5.89. The molecule has 2 aliphatic heterocycles. The van der Waals surface area contributed by atoms with E-state index in [1.165, 1.54) is 12.1 Å². The average Bonchev–Trinajstić information content (AvgIpc) is 3.03. The summed E-state index contributed by atoms with van der Waals surface area (Å²) in [5.74, 6) is -4.01. The fourth-order valence-corrected chi connectivity index (χ4v) is 6.23. The summed E-state index contributed by atoms with van der Waals surface area (Å²) in [5.41, 5.74) is 0.420. The van der Waals surface area contributed by atoms with Crippen molar-refractivity contribution in [3.63, 3.8) is 0 Å². The van der Waals surface area contributed by atoms with Crippen LogP contribution in [-0.2, 0) is 19.3 Å². The Morgan fingerprint density at radius 2 is 1.24 bits per heavy atom. The van der Waals surface area contributed by atoms with E-state index in [9.17, 15) is 50.8 Å². The molecule has 3 aliphatic rings. The lowest BCUT2D eigenvalue weighted by Crippen LogP contribution is -2.44. The van der Waals surface area contributed by atoms with Crippen LogP contribution in [0.25, 0.3) is 0 Å². The number of aliphatic hydroxyl groups excluding tert-OH is 3. The largest absolute Gasteiger partial charge is 0.508 e. The molecule has 12 nitrogen and oxygen atoms in total. The van der Waals surface area contributed by atoms with Gasteiger partial charge in [0.15, 0.2) is 23.4 Å². The number of ketones is 1. The number of carbonyl (C=O) groups is 1. The normalized spacial score (nSPS) is 27.0. The zero-order chi connectivity index (χ0) is 29.3. The zero-order valence-corrected chi connectivity index (χ0v) is 21.4. The van der Waals surface area contributed by atoms with Gasteiger partial charge in [-0.25, -0.2) is 0 Å². The summed E-state index contributed by atoms with van der Waals surface area (Å²) in [5, 5.41) is 94.5. The summed E-state index contributed by atoms with van der Waals surface area (Å²) in [6.07, 6.45) is -6.78. The highest BCUT2D eigenvalue weighted by molar-refractivity contribution is 6.04. The van der Waals surface area contributed by atoms with Crippen LogP contribution in [0.15, 0.2) is 30.3 Å². The first-order valence-corrected chi connectivity index (χ1v) is 13.0. The van der Waals surface area contributed by atoms with Gasteiger partial charge in [0.2, 0.25) is 0 Å². The predicted molar refractivity (Wildman–Crippen MR) is 139 cm³/mol. The number of phenolic OH excluding ortho intramolecular Hbond substituents is 6. The molecule has 3 aromatic carbocycles. The number of aliphatic hydroxyl groups is 3. The second-order valence-electron chi connectivity index (χ2n) is 10.8. The molecule has 2 heterocycles. The Bertz CT molecular complexity index is 1570. The molecule has 12 heteroatoms. The Hall–Kier alpha value is -4.39. The third-order valence-electron chi connectivity index (χ3n) is 8.15. The monoisotopic (exact) mass is 568 g/mol. The van der Waals surface area contributed by atoms with Crippen LogP contribution in [0, 0.1) is 5.92 Å². The molecule has 0 fully saturated rings. The first-order chi connectivity index (χ1) is 19.4. The second-order valence-corrected chi connectivity index (χ2v) is 10.8. The smallest absolute Gasteiger partial charge is 0.195 e. The van der Waals surface area contributed by atoms with Crippen LogP contribution in [0.2, 0.25) is 0 Å². The number of rotatable bonds is 2. The molecule has 1 aliphatic carbocycles. The maximum absolute atomic E-state index is 13.4. The van der Waals surface area contributed by atoms with Crippen LogP contribution in [0.4, 0.5) is 0 Å². The van der Waals surface area contributed by atoms with Crippen molar-refractivity contribution in [3.8, 4) is 46.0 Å². The van der Waals surface area contributed by atoms with Gasteiger partial charge >= 0.3 is 0 Å². The van der Waals surface area contributed by atoms with Crippen molar-refractivity contribution in [2.24, 2.45) is 5.92 Å². The van der Waals surface area contributed by atoms with Crippen molar-refractivity contribution < 1.29 is 60.2 Å². The number of hydrogen-bond donors (Lipinski definition) is 9. The highest BCUT2D eigenvalue weighted by Gasteiger charge is 2.44. The maximum atomic E-state index is 13.4. The van der Waals surface area contributed by atoms with Crippen molar-refractivity contribution in [1.82, 2.24) is 0 Å². The minimum Gasteiger partial charge on any atom is -0.508 e. The van der Waals surface area contributed by atoms with Crippen molar-refractivity contribution in [2.75, 3.05) is 0 Å². The summed E-state index contributed by atoms with van der Waals surface area (Å²) in [4.78, 5) is 13.4. The number of aromatic hydroxyl groups is 6. The molecule has 216 valence electrons. The highest BCUT2D eigenvalue weighted by atomic mass is 16.5. The van der Waals surface area contributed by atoms with Gasteiger partial charge in [0.25, 0.3) is 0 Å². The molecule has 0 aromatic heterocycles. The van der Waals surface area contributed by atoms with Gasteiger partial charge in [-0.1, -0.05) is 0 Å².